The Morgan fingerprint density at radius 1 is 1.48 bits per heavy atom. The fraction of sp³-hybridized carbons (Fsp3) is 0.500. The average Bonchev–Trinajstić information content (AvgIpc) is 3.00. The van der Waals surface area contributed by atoms with E-state index in [0.717, 1.165) is 29.0 Å². The van der Waals surface area contributed by atoms with Crippen molar-refractivity contribution >= 4 is 28.7 Å². The third-order valence-corrected chi connectivity index (χ3v) is 4.34. The molecule has 2 unspecified atom stereocenters. The van der Waals surface area contributed by atoms with Crippen LogP contribution >= 0.6 is 11.8 Å². The first-order chi connectivity index (χ1) is 11.2. The number of hydrogen-bond donors (Lipinski definition) is 3. The van der Waals surface area contributed by atoms with Crippen LogP contribution in [0.15, 0.2) is 24.3 Å². The van der Waals surface area contributed by atoms with Crippen molar-refractivity contribution in [3.8, 4) is 0 Å². The van der Waals surface area contributed by atoms with Gasteiger partial charge in [0.2, 0.25) is 5.91 Å². The lowest BCUT2D eigenvalue weighted by molar-refractivity contribution is -0.124. The summed E-state index contributed by atoms with van der Waals surface area (Å²) in [6.07, 6.45) is 2.86. The molecule has 0 saturated carbocycles. The lowest BCUT2D eigenvalue weighted by Crippen LogP contribution is -2.35. The van der Waals surface area contributed by atoms with Gasteiger partial charge in [-0.2, -0.15) is 11.8 Å². The smallest absolute Gasteiger partial charge is 0.223 e. The normalized spacial score (nSPS) is 13.9. The van der Waals surface area contributed by atoms with E-state index in [1.54, 1.807) is 18.9 Å². The molecule has 0 aliphatic rings. The van der Waals surface area contributed by atoms with E-state index >= 15 is 0 Å². The molecule has 0 spiro atoms. The molecule has 1 heterocycles. The van der Waals surface area contributed by atoms with Crippen LogP contribution in [0.4, 0.5) is 0 Å². The lowest BCUT2D eigenvalue weighted by Gasteiger charge is -2.18. The number of amides is 1. The van der Waals surface area contributed by atoms with Gasteiger partial charge in [0.1, 0.15) is 5.82 Å². The third-order valence-electron chi connectivity index (χ3n) is 3.69. The van der Waals surface area contributed by atoms with Crippen LogP contribution < -0.4 is 11.1 Å². The maximum Gasteiger partial charge on any atom is 0.223 e. The van der Waals surface area contributed by atoms with Crippen molar-refractivity contribution in [3.63, 3.8) is 0 Å². The number of carbonyl (C=O) groups excluding carboxylic acids is 1. The number of rotatable bonds is 9. The Hall–Kier alpha value is -1.57. The summed E-state index contributed by atoms with van der Waals surface area (Å²) in [6.45, 7) is 0.323. The van der Waals surface area contributed by atoms with Gasteiger partial charge < -0.3 is 20.8 Å². The van der Waals surface area contributed by atoms with Gasteiger partial charge in [0.25, 0.3) is 0 Å². The number of carbonyl (C=O) groups is 1. The summed E-state index contributed by atoms with van der Waals surface area (Å²) >= 11 is 1.74. The number of aromatic nitrogens is 2. The topological polar surface area (TPSA) is 93.0 Å². The van der Waals surface area contributed by atoms with Gasteiger partial charge in [0, 0.05) is 13.7 Å². The van der Waals surface area contributed by atoms with Gasteiger partial charge in [-0.15, -0.1) is 0 Å². The summed E-state index contributed by atoms with van der Waals surface area (Å²) in [4.78, 5) is 20.1. The van der Waals surface area contributed by atoms with E-state index in [1.165, 1.54) is 0 Å². The van der Waals surface area contributed by atoms with Crippen molar-refractivity contribution < 1.29 is 9.53 Å². The second-order valence-electron chi connectivity index (χ2n) is 5.34. The highest BCUT2D eigenvalue weighted by molar-refractivity contribution is 7.98. The lowest BCUT2D eigenvalue weighted by atomic mass is 10.2. The van der Waals surface area contributed by atoms with E-state index < -0.39 is 0 Å². The largest absolute Gasteiger partial charge is 0.380 e. The van der Waals surface area contributed by atoms with E-state index in [1.807, 2.05) is 30.5 Å². The fourth-order valence-electron chi connectivity index (χ4n) is 2.37. The van der Waals surface area contributed by atoms with Gasteiger partial charge in [-0.25, -0.2) is 4.98 Å². The van der Waals surface area contributed by atoms with Crippen LogP contribution in [0.25, 0.3) is 11.0 Å². The number of fused-ring (bicyclic) bond motifs is 1. The van der Waals surface area contributed by atoms with E-state index in [2.05, 4.69) is 15.3 Å². The molecule has 0 fully saturated rings. The van der Waals surface area contributed by atoms with E-state index in [0.29, 0.717) is 6.54 Å². The standard InChI is InChI=1S/C16H24N4O2S/c1-22-11(10-17)9-15(21)18-14(7-8-23-2)16-19-12-5-3-4-6-13(12)20-16/h3-6,11,14H,7-10,17H2,1-2H3,(H,18,21)(H,19,20). The molecule has 1 aromatic heterocycles. The Morgan fingerprint density at radius 3 is 2.91 bits per heavy atom. The zero-order valence-corrected chi connectivity index (χ0v) is 14.4. The molecule has 6 nitrogen and oxygen atoms in total. The maximum atomic E-state index is 12.2. The Bertz CT molecular complexity index is 594. The minimum absolute atomic E-state index is 0.0751. The molecule has 4 N–H and O–H groups in total. The highest BCUT2D eigenvalue weighted by Crippen LogP contribution is 2.20. The molecule has 0 aliphatic carbocycles. The number of nitrogens with two attached hydrogens (primary N) is 1. The predicted molar refractivity (Wildman–Crippen MR) is 94.4 cm³/mol. The number of H-pyrrole nitrogens is 1. The number of methoxy groups -OCH3 is 1. The number of thioether (sulfide) groups is 1. The van der Waals surface area contributed by atoms with Crippen molar-refractivity contribution in [2.75, 3.05) is 25.7 Å². The Morgan fingerprint density at radius 2 is 2.26 bits per heavy atom. The van der Waals surface area contributed by atoms with Crippen LogP contribution in [0.3, 0.4) is 0 Å². The summed E-state index contributed by atoms with van der Waals surface area (Å²) in [5.74, 6) is 1.65. The Labute approximate surface area is 140 Å². The molecular weight excluding hydrogens is 312 g/mol. The van der Waals surface area contributed by atoms with Gasteiger partial charge in [-0.3, -0.25) is 4.79 Å². The molecule has 126 valence electrons. The van der Waals surface area contributed by atoms with Crippen molar-refractivity contribution in [2.45, 2.75) is 25.0 Å². The molecule has 7 heteroatoms. The Balaban J connectivity index is 2.11. The fourth-order valence-corrected chi connectivity index (χ4v) is 2.84. The number of benzene rings is 1. The number of hydrogen-bond acceptors (Lipinski definition) is 5. The van der Waals surface area contributed by atoms with E-state index in [9.17, 15) is 4.79 Å². The van der Waals surface area contributed by atoms with Crippen LogP contribution in [-0.4, -0.2) is 47.6 Å². The molecule has 0 bridgehead atoms. The number of nitrogens with zero attached hydrogens (tertiary/aromatic N) is 1. The number of aromatic amines is 1. The van der Waals surface area contributed by atoms with Crippen LogP contribution in [0.1, 0.15) is 24.7 Å². The van der Waals surface area contributed by atoms with Gasteiger partial charge in [0.15, 0.2) is 0 Å². The van der Waals surface area contributed by atoms with Gasteiger partial charge >= 0.3 is 0 Å². The SMILES string of the molecule is COC(CN)CC(=O)NC(CCSC)c1nc2ccccc2[nH]1. The molecule has 0 radical (unpaired) electrons. The molecular formula is C16H24N4O2S. The zero-order chi connectivity index (χ0) is 16.7. The van der Waals surface area contributed by atoms with E-state index in [4.69, 9.17) is 10.5 Å². The molecule has 2 atom stereocenters. The van der Waals surface area contributed by atoms with Crippen molar-refractivity contribution in [1.82, 2.24) is 15.3 Å². The van der Waals surface area contributed by atoms with Gasteiger partial charge in [0.05, 0.1) is 29.6 Å². The highest BCUT2D eigenvalue weighted by atomic mass is 32.2. The van der Waals surface area contributed by atoms with Gasteiger partial charge in [-0.05, 0) is 30.6 Å². The van der Waals surface area contributed by atoms with Crippen LogP contribution in [0.2, 0.25) is 0 Å². The van der Waals surface area contributed by atoms with Crippen LogP contribution in [0.5, 0.6) is 0 Å². The first kappa shape index (κ1) is 17.8. The maximum absolute atomic E-state index is 12.2. The molecule has 0 saturated heterocycles. The molecule has 2 aromatic rings. The monoisotopic (exact) mass is 336 g/mol. The zero-order valence-electron chi connectivity index (χ0n) is 13.5. The minimum Gasteiger partial charge on any atom is -0.380 e. The second-order valence-corrected chi connectivity index (χ2v) is 6.32. The molecule has 23 heavy (non-hydrogen) atoms. The average molecular weight is 336 g/mol. The second kappa shape index (κ2) is 8.90. The number of imidazole rings is 1. The first-order valence-corrected chi connectivity index (χ1v) is 9.03. The quantitative estimate of drug-likeness (QED) is 0.650. The number of ether oxygens (including phenoxy) is 1. The highest BCUT2D eigenvalue weighted by Gasteiger charge is 2.20. The van der Waals surface area contributed by atoms with Crippen molar-refractivity contribution in [2.24, 2.45) is 5.73 Å². The van der Waals surface area contributed by atoms with Crippen LogP contribution in [-0.2, 0) is 9.53 Å². The predicted octanol–water partition coefficient (Wildman–Crippen LogP) is 1.84. The van der Waals surface area contributed by atoms with Crippen LogP contribution in [0, 0.1) is 0 Å². The van der Waals surface area contributed by atoms with Gasteiger partial charge in [-0.1, -0.05) is 12.1 Å². The number of para-hydroxylation sites is 2. The molecule has 1 amide bonds. The molecule has 2 rings (SSSR count). The first-order valence-electron chi connectivity index (χ1n) is 7.63. The molecule has 0 aliphatic heterocycles. The summed E-state index contributed by atoms with van der Waals surface area (Å²) in [7, 11) is 1.56. The number of nitrogens with one attached hydrogen (secondary N) is 2. The summed E-state index contributed by atoms with van der Waals surface area (Å²) < 4.78 is 5.17. The van der Waals surface area contributed by atoms with Crippen molar-refractivity contribution in [1.29, 1.82) is 0 Å². The third kappa shape index (κ3) is 4.95. The van der Waals surface area contributed by atoms with E-state index in [-0.39, 0.29) is 24.5 Å². The summed E-state index contributed by atoms with van der Waals surface area (Å²) in [5.41, 5.74) is 7.46. The minimum atomic E-state index is -0.258. The Kier molecular flexibility index (Phi) is 6.88. The van der Waals surface area contributed by atoms with Crippen molar-refractivity contribution in [3.05, 3.63) is 30.1 Å². The summed E-state index contributed by atoms with van der Waals surface area (Å²) in [6, 6.07) is 7.71. The summed E-state index contributed by atoms with van der Waals surface area (Å²) in [5, 5.41) is 3.05. The molecule has 1 aromatic carbocycles.